The van der Waals surface area contributed by atoms with Crippen molar-refractivity contribution < 1.29 is 9.53 Å². The van der Waals surface area contributed by atoms with Crippen molar-refractivity contribution in [2.75, 3.05) is 6.61 Å². The van der Waals surface area contributed by atoms with E-state index in [4.69, 9.17) is 4.74 Å². The maximum Gasteiger partial charge on any atom is 0.412 e. The molecule has 1 aromatic rings. The summed E-state index contributed by atoms with van der Waals surface area (Å²) in [5.74, 6) is 0. The van der Waals surface area contributed by atoms with E-state index in [1.165, 1.54) is 10.9 Å². The van der Waals surface area contributed by atoms with E-state index in [0.717, 1.165) is 16.1 Å². The zero-order valence-electron chi connectivity index (χ0n) is 8.82. The van der Waals surface area contributed by atoms with Crippen molar-refractivity contribution in [3.05, 3.63) is 35.9 Å². The summed E-state index contributed by atoms with van der Waals surface area (Å²) in [5, 5.41) is 5.77. The quantitative estimate of drug-likeness (QED) is 0.794. The van der Waals surface area contributed by atoms with Crippen LogP contribution in [0.25, 0.3) is 5.57 Å². The molecule has 0 aromatic heterocycles. The highest BCUT2D eigenvalue weighted by Gasteiger charge is 2.15. The molecule has 0 saturated heterocycles. The number of nitrogens with one attached hydrogen (secondary N) is 1. The van der Waals surface area contributed by atoms with E-state index >= 15 is 0 Å². The Bertz CT molecular complexity index is 509. The van der Waals surface area contributed by atoms with E-state index in [9.17, 15) is 4.79 Å². The fraction of sp³-hybridized carbons (Fsp3) is 0.167. The lowest BCUT2D eigenvalue weighted by Gasteiger charge is -2.12. The third-order valence-corrected chi connectivity index (χ3v) is 2.85. The number of rotatable bonds is 2. The molecule has 82 valence electrons. The summed E-state index contributed by atoms with van der Waals surface area (Å²) < 4.78 is 4.81. The molecule has 16 heavy (non-hydrogen) atoms. The monoisotopic (exact) mass is 233 g/mol. The van der Waals surface area contributed by atoms with Crippen molar-refractivity contribution in [3.8, 4) is 0 Å². The average Bonchev–Trinajstić information content (AvgIpc) is 2.26. The second-order valence-corrected chi connectivity index (χ2v) is 3.94. The lowest BCUT2D eigenvalue weighted by Crippen LogP contribution is -2.32. The van der Waals surface area contributed by atoms with E-state index in [2.05, 4.69) is 10.3 Å². The molecule has 1 amide bonds. The number of benzene rings is 1. The molecule has 1 aliphatic heterocycles. The lowest BCUT2D eigenvalue weighted by molar-refractivity contribution is 0.158. The summed E-state index contributed by atoms with van der Waals surface area (Å²) in [6.45, 7) is 2.15. The smallest absolute Gasteiger partial charge is 0.412 e. The van der Waals surface area contributed by atoms with Crippen LogP contribution in [0.3, 0.4) is 0 Å². The predicted octanol–water partition coefficient (Wildman–Crippen LogP) is 2.09. The van der Waals surface area contributed by atoms with E-state index < -0.39 is 6.09 Å². The van der Waals surface area contributed by atoms with Gasteiger partial charge in [0, 0.05) is 0 Å². The van der Waals surface area contributed by atoms with Gasteiger partial charge in [0.2, 0.25) is 0 Å². The van der Waals surface area contributed by atoms with Crippen LogP contribution < -0.4 is 5.32 Å². The molecule has 0 fully saturated rings. The van der Waals surface area contributed by atoms with Crippen LogP contribution in [0.5, 0.6) is 0 Å². The number of carbonyl (C=O) groups is 1. The molecular formula is C12H11NO2S. The van der Waals surface area contributed by atoms with Gasteiger partial charge in [-0.3, -0.25) is 5.32 Å². The highest BCUT2D eigenvalue weighted by Crippen LogP contribution is 2.16. The normalized spacial score (nSPS) is 12.8. The summed E-state index contributed by atoms with van der Waals surface area (Å²) in [6, 6.07) is 9.82. The summed E-state index contributed by atoms with van der Waals surface area (Å²) in [5.41, 5.74) is 1.98. The molecule has 1 heterocycles. The zero-order chi connectivity index (χ0) is 11.4. The third-order valence-electron chi connectivity index (χ3n) is 2.04. The molecule has 1 aliphatic rings. The Morgan fingerprint density at radius 3 is 2.75 bits per heavy atom. The minimum Gasteiger partial charge on any atom is -0.450 e. The van der Waals surface area contributed by atoms with Crippen LogP contribution in [-0.4, -0.2) is 22.7 Å². The van der Waals surface area contributed by atoms with Crippen molar-refractivity contribution in [2.45, 2.75) is 6.92 Å². The summed E-state index contributed by atoms with van der Waals surface area (Å²) >= 11 is 0. The minimum atomic E-state index is -0.417. The Hall–Kier alpha value is -1.77. The van der Waals surface area contributed by atoms with Crippen LogP contribution >= 0.6 is 10.9 Å². The van der Waals surface area contributed by atoms with Crippen LogP contribution in [0.4, 0.5) is 4.79 Å². The molecular weight excluding hydrogens is 222 g/mol. The number of ether oxygens (including phenoxy) is 1. The maximum absolute atomic E-state index is 11.2. The van der Waals surface area contributed by atoms with Gasteiger partial charge in [0.25, 0.3) is 0 Å². The van der Waals surface area contributed by atoms with Gasteiger partial charge in [-0.05, 0) is 17.5 Å². The zero-order valence-corrected chi connectivity index (χ0v) is 9.64. The highest BCUT2D eigenvalue weighted by molar-refractivity contribution is 8.00. The van der Waals surface area contributed by atoms with Crippen molar-refractivity contribution >= 4 is 32.6 Å². The van der Waals surface area contributed by atoms with E-state index in [1.54, 1.807) is 6.92 Å². The predicted molar refractivity (Wildman–Crippen MR) is 67.6 cm³/mol. The van der Waals surface area contributed by atoms with Crippen LogP contribution in [-0.2, 0) is 4.74 Å². The second-order valence-electron chi connectivity index (χ2n) is 3.12. The van der Waals surface area contributed by atoms with Gasteiger partial charge in [-0.2, -0.15) is 0 Å². The van der Waals surface area contributed by atoms with Gasteiger partial charge in [-0.15, -0.1) is 0 Å². The van der Waals surface area contributed by atoms with Crippen LogP contribution in [0.1, 0.15) is 12.5 Å². The topological polar surface area (TPSA) is 38.3 Å². The van der Waals surface area contributed by atoms with Gasteiger partial charge < -0.3 is 4.74 Å². The number of hydrogen-bond donors (Lipinski definition) is 1. The Morgan fingerprint density at radius 1 is 1.44 bits per heavy atom. The Morgan fingerprint density at radius 2 is 2.19 bits per heavy atom. The van der Waals surface area contributed by atoms with Crippen LogP contribution in [0.2, 0.25) is 0 Å². The van der Waals surface area contributed by atoms with Gasteiger partial charge >= 0.3 is 6.09 Å². The molecule has 0 bridgehead atoms. The standard InChI is InChI=1S/C12H11NO2S/c1-2-15-12(14)13-11-10(8-16-11)9-6-4-3-5-7-9/h3-7H,2H2,1H3,(H,13,14). The van der Waals surface area contributed by atoms with Crippen LogP contribution in [0, 0.1) is 0 Å². The van der Waals surface area contributed by atoms with Gasteiger partial charge in [0.15, 0.2) is 0 Å². The van der Waals surface area contributed by atoms with Crippen molar-refractivity contribution in [1.82, 2.24) is 5.32 Å². The fourth-order valence-electron chi connectivity index (χ4n) is 1.30. The number of alkyl carbamates (subject to hydrolysis) is 1. The van der Waals surface area contributed by atoms with E-state index in [0.29, 0.717) is 6.61 Å². The van der Waals surface area contributed by atoms with Crippen molar-refractivity contribution in [1.29, 1.82) is 0 Å². The SMILES string of the molecule is CCOC(=O)NC1=S=C=C1c1ccccc1. The third kappa shape index (κ3) is 2.24. The van der Waals surface area contributed by atoms with Gasteiger partial charge in [0.05, 0.1) is 12.2 Å². The molecule has 3 nitrogen and oxygen atoms in total. The summed E-state index contributed by atoms with van der Waals surface area (Å²) in [6.07, 6.45) is -0.417. The Kier molecular flexibility index (Phi) is 3.25. The average molecular weight is 233 g/mol. The first-order valence-corrected chi connectivity index (χ1v) is 5.79. The van der Waals surface area contributed by atoms with E-state index in [-0.39, 0.29) is 0 Å². The Labute approximate surface area is 97.3 Å². The van der Waals surface area contributed by atoms with Crippen molar-refractivity contribution in [3.63, 3.8) is 0 Å². The molecule has 0 radical (unpaired) electrons. The molecule has 2 rings (SSSR count). The summed E-state index contributed by atoms with van der Waals surface area (Å²) in [4.78, 5) is 12.0. The fourth-order valence-corrected chi connectivity index (χ4v) is 1.97. The largest absolute Gasteiger partial charge is 0.450 e. The molecule has 0 saturated carbocycles. The van der Waals surface area contributed by atoms with Gasteiger partial charge in [-0.25, -0.2) is 4.79 Å². The lowest BCUT2D eigenvalue weighted by atomic mass is 10.1. The molecule has 0 aliphatic carbocycles. The highest BCUT2D eigenvalue weighted by atomic mass is 32.1. The number of hydrogen-bond acceptors (Lipinski definition) is 2. The maximum atomic E-state index is 11.2. The Balaban J connectivity index is 2.03. The van der Waals surface area contributed by atoms with Gasteiger partial charge in [-0.1, -0.05) is 41.3 Å². The second kappa shape index (κ2) is 4.84. The first-order valence-electron chi connectivity index (χ1n) is 4.97. The van der Waals surface area contributed by atoms with Crippen molar-refractivity contribution in [2.24, 2.45) is 0 Å². The minimum absolute atomic E-state index is 0.373. The number of amides is 1. The molecule has 0 unspecified atom stereocenters. The van der Waals surface area contributed by atoms with Crippen LogP contribution in [0.15, 0.2) is 30.3 Å². The molecule has 1 N–H and O–H groups in total. The molecule has 4 heteroatoms. The number of carbonyl (C=O) groups excluding carboxylic acids is 1. The van der Waals surface area contributed by atoms with E-state index in [1.807, 2.05) is 30.3 Å². The van der Waals surface area contributed by atoms with Gasteiger partial charge in [0.1, 0.15) is 4.99 Å². The first kappa shape index (κ1) is 10.7. The first-order chi connectivity index (χ1) is 7.81. The molecule has 1 aromatic carbocycles. The molecule has 0 atom stereocenters. The summed E-state index contributed by atoms with van der Waals surface area (Å²) in [7, 11) is 1.38. The molecule has 0 spiro atoms.